The van der Waals surface area contributed by atoms with Crippen molar-refractivity contribution in [1.82, 2.24) is 4.98 Å². The van der Waals surface area contributed by atoms with Crippen LogP contribution < -0.4 is 4.90 Å². The van der Waals surface area contributed by atoms with Crippen LogP contribution in [0.5, 0.6) is 0 Å². The van der Waals surface area contributed by atoms with Crippen molar-refractivity contribution < 1.29 is 4.74 Å². The Labute approximate surface area is 120 Å². The Morgan fingerprint density at radius 2 is 2.30 bits per heavy atom. The fraction of sp³-hybridized carbons (Fsp3) is 0.625. The van der Waals surface area contributed by atoms with E-state index in [4.69, 9.17) is 10.00 Å². The van der Waals surface area contributed by atoms with Crippen LogP contribution in [0.3, 0.4) is 0 Å². The van der Waals surface area contributed by atoms with E-state index >= 15 is 0 Å². The van der Waals surface area contributed by atoms with Crippen LogP contribution in [0.1, 0.15) is 32.3 Å². The molecule has 106 valence electrons. The quantitative estimate of drug-likeness (QED) is 0.844. The maximum absolute atomic E-state index is 8.84. The number of nitrogens with zero attached hydrogens (tertiary/aromatic N) is 3. The molecule has 0 amide bonds. The topological polar surface area (TPSA) is 49.1 Å². The van der Waals surface area contributed by atoms with Gasteiger partial charge in [0.2, 0.25) is 0 Å². The van der Waals surface area contributed by atoms with Crippen molar-refractivity contribution in [3.63, 3.8) is 0 Å². The number of pyridine rings is 1. The molecule has 4 nitrogen and oxygen atoms in total. The number of ether oxygens (including phenoxy) is 1. The van der Waals surface area contributed by atoms with Crippen LogP contribution in [0.15, 0.2) is 18.3 Å². The van der Waals surface area contributed by atoms with Crippen LogP contribution in [0.4, 0.5) is 5.82 Å². The molecule has 1 saturated carbocycles. The lowest BCUT2D eigenvalue weighted by Gasteiger charge is -2.28. The van der Waals surface area contributed by atoms with E-state index in [1.165, 1.54) is 12.8 Å². The van der Waals surface area contributed by atoms with Crippen molar-refractivity contribution in [3.8, 4) is 6.07 Å². The zero-order valence-electron chi connectivity index (χ0n) is 12.1. The van der Waals surface area contributed by atoms with Crippen LogP contribution in [-0.2, 0) is 4.74 Å². The third-order valence-electron chi connectivity index (χ3n) is 4.30. The Morgan fingerprint density at radius 1 is 1.45 bits per heavy atom. The second kappa shape index (κ2) is 5.41. The van der Waals surface area contributed by atoms with E-state index in [9.17, 15) is 0 Å². The Balaban J connectivity index is 1.72. The first-order chi connectivity index (χ1) is 9.69. The largest absolute Gasteiger partial charge is 0.375 e. The lowest BCUT2D eigenvalue weighted by molar-refractivity contribution is 0.0231. The van der Waals surface area contributed by atoms with Crippen molar-refractivity contribution in [2.24, 2.45) is 11.8 Å². The number of aromatic nitrogens is 1. The number of hydrogen-bond donors (Lipinski definition) is 0. The lowest BCUT2D eigenvalue weighted by Crippen LogP contribution is -2.36. The van der Waals surface area contributed by atoms with Crippen molar-refractivity contribution in [3.05, 3.63) is 23.9 Å². The average Bonchev–Trinajstić information content (AvgIpc) is 3.02. The summed E-state index contributed by atoms with van der Waals surface area (Å²) >= 11 is 0. The maximum atomic E-state index is 8.84. The summed E-state index contributed by atoms with van der Waals surface area (Å²) in [4.78, 5) is 6.79. The van der Waals surface area contributed by atoms with Gasteiger partial charge in [0, 0.05) is 25.3 Å². The molecule has 1 aliphatic carbocycles. The summed E-state index contributed by atoms with van der Waals surface area (Å²) in [6, 6.07) is 6.37. The van der Waals surface area contributed by atoms with Crippen LogP contribution in [0, 0.1) is 23.2 Å². The van der Waals surface area contributed by atoms with E-state index in [0.717, 1.165) is 19.0 Å². The van der Waals surface area contributed by atoms with E-state index in [1.54, 1.807) is 6.20 Å². The van der Waals surface area contributed by atoms with Crippen molar-refractivity contribution >= 4 is 5.82 Å². The Bertz CT molecular complexity index is 505. The highest BCUT2D eigenvalue weighted by Crippen LogP contribution is 2.41. The monoisotopic (exact) mass is 271 g/mol. The summed E-state index contributed by atoms with van der Waals surface area (Å²) in [5.74, 6) is 2.20. The fourth-order valence-corrected chi connectivity index (χ4v) is 3.38. The minimum absolute atomic E-state index is 0.356. The molecule has 4 heteroatoms. The first-order valence-corrected chi connectivity index (χ1v) is 7.43. The third kappa shape index (κ3) is 2.38. The van der Waals surface area contributed by atoms with Gasteiger partial charge in [-0.25, -0.2) is 4.98 Å². The summed E-state index contributed by atoms with van der Waals surface area (Å²) in [6.45, 7) is 6.26. The van der Waals surface area contributed by atoms with E-state index < -0.39 is 0 Å². The number of anilines is 1. The van der Waals surface area contributed by atoms with Gasteiger partial charge in [-0.15, -0.1) is 0 Å². The first kappa shape index (κ1) is 13.4. The highest BCUT2D eigenvalue weighted by molar-refractivity contribution is 5.45. The van der Waals surface area contributed by atoms with Crippen LogP contribution in [0.2, 0.25) is 0 Å². The number of fused-ring (bicyclic) bond motifs is 2. The molecule has 3 atom stereocenters. The van der Waals surface area contributed by atoms with E-state index in [1.807, 2.05) is 12.1 Å². The minimum atomic E-state index is 0.356. The van der Waals surface area contributed by atoms with E-state index in [2.05, 4.69) is 29.8 Å². The molecule has 1 saturated heterocycles. The van der Waals surface area contributed by atoms with Crippen LogP contribution in [0.25, 0.3) is 0 Å². The summed E-state index contributed by atoms with van der Waals surface area (Å²) < 4.78 is 6.13. The lowest BCUT2D eigenvalue weighted by atomic mass is 10.1. The predicted molar refractivity (Wildman–Crippen MR) is 77.4 cm³/mol. The van der Waals surface area contributed by atoms with Crippen molar-refractivity contribution in [1.29, 1.82) is 5.26 Å². The van der Waals surface area contributed by atoms with Gasteiger partial charge in [-0.05, 0) is 30.9 Å². The fourth-order valence-electron chi connectivity index (χ4n) is 3.38. The summed E-state index contributed by atoms with van der Waals surface area (Å²) in [7, 11) is 0. The number of nitriles is 1. The molecule has 0 radical (unpaired) electrons. The molecule has 2 aliphatic rings. The smallest absolute Gasteiger partial charge is 0.128 e. The molecule has 3 rings (SSSR count). The van der Waals surface area contributed by atoms with Crippen LogP contribution in [-0.4, -0.2) is 30.3 Å². The molecule has 2 heterocycles. The highest BCUT2D eigenvalue weighted by atomic mass is 16.5. The second-order valence-corrected chi connectivity index (χ2v) is 6.27. The summed E-state index contributed by atoms with van der Waals surface area (Å²) in [5.41, 5.74) is 0.616. The van der Waals surface area contributed by atoms with Gasteiger partial charge in [-0.3, -0.25) is 0 Å². The first-order valence-electron chi connectivity index (χ1n) is 7.43. The molecular formula is C16H21N3O. The summed E-state index contributed by atoms with van der Waals surface area (Å²) in [6.07, 6.45) is 4.47. The predicted octanol–water partition coefficient (Wildman–Crippen LogP) is 2.59. The van der Waals surface area contributed by atoms with E-state index in [-0.39, 0.29) is 0 Å². The van der Waals surface area contributed by atoms with Gasteiger partial charge in [0.25, 0.3) is 0 Å². The number of piperidine rings is 1. The Kier molecular flexibility index (Phi) is 3.62. The number of hydrogen-bond acceptors (Lipinski definition) is 4. The molecule has 0 spiro atoms. The molecule has 0 N–H and O–H groups in total. The van der Waals surface area contributed by atoms with Gasteiger partial charge in [-0.2, -0.15) is 5.26 Å². The molecule has 2 fully saturated rings. The highest BCUT2D eigenvalue weighted by Gasteiger charge is 2.48. The van der Waals surface area contributed by atoms with Gasteiger partial charge >= 0.3 is 0 Å². The van der Waals surface area contributed by atoms with Crippen molar-refractivity contribution in [2.45, 2.75) is 38.8 Å². The van der Waals surface area contributed by atoms with Gasteiger partial charge in [-0.1, -0.05) is 13.8 Å². The SMILES string of the molecule is CC(C)CO[C@H]1[C@H]2CC[C@H]1N(c1ccc(C#N)cn1)C2. The zero-order chi connectivity index (χ0) is 14.1. The Morgan fingerprint density at radius 3 is 2.95 bits per heavy atom. The standard InChI is InChI=1S/C16H21N3O/c1-11(2)10-20-16-13-4-5-14(16)19(9-13)15-6-3-12(7-17)8-18-15/h3,6,8,11,13-14,16H,4-5,9-10H2,1-2H3/t13-,14+,16-/m0/s1. The second-order valence-electron chi connectivity index (χ2n) is 6.27. The molecule has 1 aromatic heterocycles. The molecule has 2 bridgehead atoms. The van der Waals surface area contributed by atoms with Gasteiger partial charge in [0.05, 0.1) is 17.7 Å². The zero-order valence-corrected chi connectivity index (χ0v) is 12.1. The summed E-state index contributed by atoms with van der Waals surface area (Å²) in [5, 5.41) is 8.84. The maximum Gasteiger partial charge on any atom is 0.128 e. The molecular weight excluding hydrogens is 250 g/mol. The molecule has 1 aliphatic heterocycles. The van der Waals surface area contributed by atoms with Crippen molar-refractivity contribution in [2.75, 3.05) is 18.1 Å². The third-order valence-corrected chi connectivity index (χ3v) is 4.30. The van der Waals surface area contributed by atoms with Gasteiger partial charge in [0.1, 0.15) is 11.9 Å². The normalized spacial score (nSPS) is 28.1. The molecule has 1 aromatic rings. The van der Waals surface area contributed by atoms with E-state index in [0.29, 0.717) is 29.5 Å². The Hall–Kier alpha value is -1.60. The van der Waals surface area contributed by atoms with Gasteiger partial charge in [0.15, 0.2) is 0 Å². The molecule has 20 heavy (non-hydrogen) atoms. The van der Waals surface area contributed by atoms with Crippen LogP contribution >= 0.6 is 0 Å². The van der Waals surface area contributed by atoms with Gasteiger partial charge < -0.3 is 9.64 Å². The minimum Gasteiger partial charge on any atom is -0.375 e. The number of rotatable bonds is 4. The molecule has 0 unspecified atom stereocenters. The molecule has 0 aromatic carbocycles. The average molecular weight is 271 g/mol.